The molecule has 0 unspecified atom stereocenters. The minimum atomic E-state index is -5.27. The van der Waals surface area contributed by atoms with Gasteiger partial charge in [-0.25, -0.2) is 8.42 Å². The molecular weight excluding hydrogens is 369 g/mol. The first-order chi connectivity index (χ1) is 10.6. The van der Waals surface area contributed by atoms with Crippen molar-refractivity contribution < 1.29 is 55.5 Å². The standard InChI is InChI=1S/C12H11N3O6S2.Na/c13-9-6-7-10(15-14-8-4-2-1-3-5-8)12(23(19,20)21)11(9)22(16,17)18;/h1-7H,13H2,(H,16,17,18)(H,19,20,21);/q;+1/p-1. The van der Waals surface area contributed by atoms with Crippen LogP contribution in [0.3, 0.4) is 0 Å². The zero-order valence-corrected chi connectivity index (χ0v) is 16.0. The monoisotopic (exact) mass is 379 g/mol. The van der Waals surface area contributed by atoms with E-state index in [2.05, 4.69) is 10.2 Å². The zero-order chi connectivity index (χ0) is 17.3. The summed E-state index contributed by atoms with van der Waals surface area (Å²) in [5.41, 5.74) is 4.55. The van der Waals surface area contributed by atoms with Crippen LogP contribution in [0.25, 0.3) is 0 Å². The molecule has 0 saturated carbocycles. The molecule has 2 rings (SSSR count). The van der Waals surface area contributed by atoms with Gasteiger partial charge in [-0.3, -0.25) is 4.55 Å². The first kappa shape index (κ1) is 20.7. The molecule has 0 amide bonds. The van der Waals surface area contributed by atoms with Gasteiger partial charge in [0.1, 0.15) is 25.6 Å². The van der Waals surface area contributed by atoms with Crippen LogP contribution in [0, 0.1) is 0 Å². The molecule has 0 bridgehead atoms. The van der Waals surface area contributed by atoms with Crippen LogP contribution >= 0.6 is 0 Å². The molecule has 12 heteroatoms. The van der Waals surface area contributed by atoms with E-state index < -0.39 is 41.4 Å². The summed E-state index contributed by atoms with van der Waals surface area (Å²) in [4.78, 5) is -2.46. The van der Waals surface area contributed by atoms with Gasteiger partial charge < -0.3 is 10.3 Å². The summed E-state index contributed by atoms with van der Waals surface area (Å²) in [6.07, 6.45) is 0. The van der Waals surface area contributed by atoms with Crippen LogP contribution in [0.2, 0.25) is 0 Å². The smallest absolute Gasteiger partial charge is 0.744 e. The number of nitrogens with zero attached hydrogens (tertiary/aromatic N) is 2. The van der Waals surface area contributed by atoms with Gasteiger partial charge in [-0.15, -0.1) is 5.11 Å². The number of benzene rings is 2. The summed E-state index contributed by atoms with van der Waals surface area (Å²) in [6.45, 7) is 0. The van der Waals surface area contributed by atoms with Gasteiger partial charge in [-0.05, 0) is 24.3 Å². The van der Waals surface area contributed by atoms with Gasteiger partial charge >= 0.3 is 29.6 Å². The minimum Gasteiger partial charge on any atom is -0.744 e. The van der Waals surface area contributed by atoms with E-state index in [9.17, 15) is 25.9 Å². The molecule has 0 aromatic heterocycles. The van der Waals surface area contributed by atoms with E-state index in [1.54, 1.807) is 30.3 Å². The van der Waals surface area contributed by atoms with Crippen LogP contribution < -0.4 is 35.3 Å². The van der Waals surface area contributed by atoms with Gasteiger partial charge in [-0.1, -0.05) is 18.2 Å². The molecule has 0 atom stereocenters. The van der Waals surface area contributed by atoms with Crippen LogP contribution in [0.15, 0.2) is 62.5 Å². The number of hydrogen-bond acceptors (Lipinski definition) is 8. The normalized spacial score (nSPS) is 12.1. The Morgan fingerprint density at radius 1 is 0.917 bits per heavy atom. The minimum absolute atomic E-state index is 0. The summed E-state index contributed by atoms with van der Waals surface area (Å²) < 4.78 is 66.0. The molecule has 0 spiro atoms. The number of azo groups is 1. The molecule has 24 heavy (non-hydrogen) atoms. The van der Waals surface area contributed by atoms with Gasteiger partial charge in [0.2, 0.25) is 0 Å². The SMILES string of the molecule is Nc1ccc(N=Nc2ccccc2)c(S(=O)(=O)O)c1S(=O)(=O)[O-].[Na+]. The third-order valence-electron chi connectivity index (χ3n) is 2.66. The Morgan fingerprint density at radius 3 is 2.00 bits per heavy atom. The Hall–Kier alpha value is -1.34. The summed E-state index contributed by atoms with van der Waals surface area (Å²) in [7, 11) is -10.4. The summed E-state index contributed by atoms with van der Waals surface area (Å²) in [5, 5.41) is 7.30. The van der Waals surface area contributed by atoms with Gasteiger partial charge in [0.25, 0.3) is 10.1 Å². The van der Waals surface area contributed by atoms with Crippen LogP contribution in [0.1, 0.15) is 0 Å². The molecular formula is C12H10N3NaO6S2. The first-order valence-corrected chi connectivity index (χ1v) is 8.78. The van der Waals surface area contributed by atoms with E-state index in [1.165, 1.54) is 0 Å². The molecule has 0 saturated heterocycles. The van der Waals surface area contributed by atoms with Crippen LogP contribution in [-0.2, 0) is 20.2 Å². The maximum Gasteiger partial charge on any atom is 1.00 e. The van der Waals surface area contributed by atoms with Crippen molar-refractivity contribution in [3.8, 4) is 0 Å². The number of rotatable bonds is 4. The summed E-state index contributed by atoms with van der Waals surface area (Å²) in [6, 6.07) is 10.1. The summed E-state index contributed by atoms with van der Waals surface area (Å²) >= 11 is 0. The molecule has 122 valence electrons. The van der Waals surface area contributed by atoms with Gasteiger partial charge in [0.15, 0.2) is 0 Å². The Bertz CT molecular complexity index is 975. The third-order valence-corrected chi connectivity index (χ3v) is 4.66. The number of anilines is 1. The van der Waals surface area contributed by atoms with Crippen molar-refractivity contribution in [2.45, 2.75) is 9.79 Å². The van der Waals surface area contributed by atoms with Crippen molar-refractivity contribution in [1.82, 2.24) is 0 Å². The largest absolute Gasteiger partial charge is 1.00 e. The van der Waals surface area contributed by atoms with Gasteiger partial charge in [0, 0.05) is 0 Å². The molecule has 0 aliphatic heterocycles. The van der Waals surface area contributed by atoms with E-state index in [0.717, 1.165) is 12.1 Å². The van der Waals surface area contributed by atoms with Crippen molar-refractivity contribution in [3.63, 3.8) is 0 Å². The van der Waals surface area contributed by atoms with Crippen molar-refractivity contribution in [1.29, 1.82) is 0 Å². The topological polar surface area (TPSA) is 162 Å². The third kappa shape index (κ3) is 4.83. The van der Waals surface area contributed by atoms with Crippen molar-refractivity contribution in [2.24, 2.45) is 10.2 Å². The zero-order valence-electron chi connectivity index (χ0n) is 12.3. The summed E-state index contributed by atoms with van der Waals surface area (Å²) in [5.74, 6) is 0. The quantitative estimate of drug-likeness (QED) is 0.293. The molecule has 2 aromatic rings. The number of hydrogen-bond donors (Lipinski definition) is 2. The maximum atomic E-state index is 11.5. The van der Waals surface area contributed by atoms with E-state index in [0.29, 0.717) is 5.69 Å². The molecule has 0 aliphatic rings. The van der Waals surface area contributed by atoms with Crippen molar-refractivity contribution >= 4 is 37.3 Å². The predicted octanol–water partition coefficient (Wildman–Crippen LogP) is -1.16. The molecule has 0 radical (unpaired) electrons. The van der Waals surface area contributed by atoms with Crippen molar-refractivity contribution in [3.05, 3.63) is 42.5 Å². The number of nitrogens with two attached hydrogens (primary N) is 1. The second-order valence-corrected chi connectivity index (χ2v) is 6.97. The Morgan fingerprint density at radius 2 is 1.50 bits per heavy atom. The fourth-order valence-corrected chi connectivity index (χ4v) is 3.80. The number of nitrogen functional groups attached to an aromatic ring is 1. The van der Waals surface area contributed by atoms with Gasteiger partial charge in [0.05, 0.1) is 11.4 Å². The van der Waals surface area contributed by atoms with Crippen molar-refractivity contribution in [2.75, 3.05) is 5.73 Å². The Balaban J connectivity index is 0.00000288. The second-order valence-electron chi connectivity index (χ2n) is 4.30. The van der Waals surface area contributed by atoms with Gasteiger partial charge in [-0.2, -0.15) is 13.5 Å². The molecule has 0 aliphatic carbocycles. The second kappa shape index (κ2) is 7.70. The molecule has 0 heterocycles. The molecule has 9 nitrogen and oxygen atoms in total. The van der Waals surface area contributed by atoms with E-state index in [1.807, 2.05) is 0 Å². The fourth-order valence-electron chi connectivity index (χ4n) is 1.76. The fraction of sp³-hybridized carbons (Fsp3) is 0. The average Bonchev–Trinajstić information content (AvgIpc) is 2.44. The first-order valence-electron chi connectivity index (χ1n) is 5.93. The maximum absolute atomic E-state index is 11.5. The van der Waals surface area contributed by atoms with E-state index in [-0.39, 0.29) is 29.6 Å². The van der Waals surface area contributed by atoms with Crippen LogP contribution in [0.5, 0.6) is 0 Å². The van der Waals surface area contributed by atoms with Crippen LogP contribution in [-0.4, -0.2) is 25.9 Å². The Kier molecular flexibility index (Phi) is 6.64. The molecule has 2 aromatic carbocycles. The van der Waals surface area contributed by atoms with Crippen LogP contribution in [0.4, 0.5) is 17.1 Å². The molecule has 3 N–H and O–H groups in total. The predicted molar refractivity (Wildman–Crippen MR) is 79.3 cm³/mol. The average molecular weight is 379 g/mol. The Labute approximate surface area is 160 Å². The van der Waals surface area contributed by atoms with E-state index >= 15 is 0 Å². The van der Waals surface area contributed by atoms with E-state index in [4.69, 9.17) is 5.73 Å². The molecule has 0 fully saturated rings.